The van der Waals surface area contributed by atoms with E-state index in [-0.39, 0.29) is 11.9 Å². The van der Waals surface area contributed by atoms with E-state index in [1.165, 1.54) is 25.7 Å². The van der Waals surface area contributed by atoms with Crippen molar-refractivity contribution in [3.63, 3.8) is 0 Å². The minimum atomic E-state index is 0.111. The molecule has 5 heteroatoms. The monoisotopic (exact) mass is 355 g/mol. The van der Waals surface area contributed by atoms with E-state index < -0.39 is 0 Å². The van der Waals surface area contributed by atoms with Gasteiger partial charge in [0.05, 0.1) is 0 Å². The fourth-order valence-electron chi connectivity index (χ4n) is 3.70. The molecule has 0 unspecified atom stereocenters. The number of carbonyl (C=O) groups excluding carboxylic acids is 1. The lowest BCUT2D eigenvalue weighted by molar-refractivity contribution is -0.134. The van der Waals surface area contributed by atoms with Crippen molar-refractivity contribution in [1.29, 1.82) is 0 Å². The van der Waals surface area contributed by atoms with Crippen molar-refractivity contribution in [2.45, 2.75) is 71.9 Å². The molecule has 140 valence electrons. The fourth-order valence-corrected chi connectivity index (χ4v) is 3.70. The van der Waals surface area contributed by atoms with Gasteiger partial charge in [-0.1, -0.05) is 54.6 Å². The Morgan fingerprint density at radius 1 is 1.31 bits per heavy atom. The van der Waals surface area contributed by atoms with Gasteiger partial charge in [0.2, 0.25) is 17.6 Å². The standard InChI is InChI=1S/C21H29N3O2/c1-15(2)24(20(25)12-11-17-8-4-5-9-17)14-19-22-21(23-26-19)18-10-6-7-16(3)13-18/h6-7,10,13,15,17H,4-5,8-9,11-12,14H2,1-3H3. The largest absolute Gasteiger partial charge is 0.337 e. The van der Waals surface area contributed by atoms with E-state index in [4.69, 9.17) is 4.52 Å². The van der Waals surface area contributed by atoms with Crippen LogP contribution in [0.5, 0.6) is 0 Å². The van der Waals surface area contributed by atoms with E-state index in [9.17, 15) is 4.79 Å². The average molecular weight is 355 g/mol. The van der Waals surface area contributed by atoms with Gasteiger partial charge in [-0.2, -0.15) is 4.98 Å². The van der Waals surface area contributed by atoms with Crippen LogP contribution >= 0.6 is 0 Å². The average Bonchev–Trinajstić information content (AvgIpc) is 3.29. The van der Waals surface area contributed by atoms with Gasteiger partial charge in [-0.15, -0.1) is 0 Å². The summed E-state index contributed by atoms with van der Waals surface area (Å²) in [5, 5.41) is 4.08. The number of benzene rings is 1. The molecule has 0 N–H and O–H groups in total. The summed E-state index contributed by atoms with van der Waals surface area (Å²) in [6, 6.07) is 8.12. The molecule has 26 heavy (non-hydrogen) atoms. The second kappa shape index (κ2) is 8.47. The number of amides is 1. The zero-order chi connectivity index (χ0) is 18.5. The zero-order valence-electron chi connectivity index (χ0n) is 16.1. The first-order chi connectivity index (χ1) is 12.5. The number of hydrogen-bond donors (Lipinski definition) is 0. The topological polar surface area (TPSA) is 59.2 Å². The van der Waals surface area contributed by atoms with Gasteiger partial charge in [-0.25, -0.2) is 0 Å². The van der Waals surface area contributed by atoms with Crippen LogP contribution in [0.15, 0.2) is 28.8 Å². The van der Waals surface area contributed by atoms with Gasteiger partial charge >= 0.3 is 0 Å². The van der Waals surface area contributed by atoms with Crippen molar-refractivity contribution in [3.05, 3.63) is 35.7 Å². The van der Waals surface area contributed by atoms with Crippen LogP contribution in [-0.2, 0) is 11.3 Å². The number of aromatic nitrogens is 2. The maximum absolute atomic E-state index is 12.7. The predicted molar refractivity (Wildman–Crippen MR) is 101 cm³/mol. The first kappa shape index (κ1) is 18.6. The van der Waals surface area contributed by atoms with Crippen LogP contribution in [0.2, 0.25) is 0 Å². The van der Waals surface area contributed by atoms with Gasteiger partial charge in [0.25, 0.3) is 0 Å². The van der Waals surface area contributed by atoms with Gasteiger partial charge in [-0.05, 0) is 39.2 Å². The molecular formula is C21H29N3O2. The molecule has 1 fully saturated rings. The molecule has 1 amide bonds. The molecule has 0 spiro atoms. The highest BCUT2D eigenvalue weighted by Gasteiger charge is 2.23. The summed E-state index contributed by atoms with van der Waals surface area (Å²) in [5.74, 6) is 1.97. The fraction of sp³-hybridized carbons (Fsp3) is 0.571. The highest BCUT2D eigenvalue weighted by molar-refractivity contribution is 5.76. The number of carbonyl (C=O) groups is 1. The molecule has 0 aliphatic heterocycles. The van der Waals surface area contributed by atoms with E-state index in [1.54, 1.807) is 0 Å². The van der Waals surface area contributed by atoms with E-state index in [2.05, 4.69) is 10.1 Å². The van der Waals surface area contributed by atoms with E-state index in [1.807, 2.05) is 49.9 Å². The predicted octanol–water partition coefficient (Wildman–Crippen LogP) is 4.75. The third kappa shape index (κ3) is 4.71. The Balaban J connectivity index is 1.63. The molecular weight excluding hydrogens is 326 g/mol. The zero-order valence-corrected chi connectivity index (χ0v) is 16.1. The maximum atomic E-state index is 12.7. The second-order valence-electron chi connectivity index (χ2n) is 7.69. The highest BCUT2D eigenvalue weighted by Crippen LogP contribution is 2.29. The van der Waals surface area contributed by atoms with E-state index >= 15 is 0 Å². The molecule has 0 saturated heterocycles. The molecule has 1 aromatic carbocycles. The summed E-state index contributed by atoms with van der Waals surface area (Å²) in [6.45, 7) is 6.48. The Hall–Kier alpha value is -2.17. The maximum Gasteiger partial charge on any atom is 0.246 e. The SMILES string of the molecule is Cc1cccc(-c2noc(CN(C(=O)CCC3CCCC3)C(C)C)n2)c1. The number of aryl methyl sites for hydroxylation is 1. The van der Waals surface area contributed by atoms with Crippen molar-refractivity contribution >= 4 is 5.91 Å². The van der Waals surface area contributed by atoms with Crippen LogP contribution in [0.1, 0.15) is 63.8 Å². The summed E-state index contributed by atoms with van der Waals surface area (Å²) in [5.41, 5.74) is 2.09. The van der Waals surface area contributed by atoms with Gasteiger partial charge in [0.1, 0.15) is 6.54 Å². The van der Waals surface area contributed by atoms with Gasteiger partial charge in [0.15, 0.2) is 0 Å². The normalized spacial score (nSPS) is 14.9. The molecule has 1 aliphatic carbocycles. The number of nitrogens with zero attached hydrogens (tertiary/aromatic N) is 3. The Labute approximate surface area is 155 Å². The summed E-state index contributed by atoms with van der Waals surface area (Å²) < 4.78 is 5.41. The van der Waals surface area contributed by atoms with Crippen LogP contribution in [0.3, 0.4) is 0 Å². The van der Waals surface area contributed by atoms with Gasteiger partial charge in [0, 0.05) is 18.0 Å². The first-order valence-corrected chi connectivity index (χ1v) is 9.72. The van der Waals surface area contributed by atoms with Gasteiger partial charge in [-0.3, -0.25) is 4.79 Å². The van der Waals surface area contributed by atoms with Crippen molar-refractivity contribution in [3.8, 4) is 11.4 Å². The summed E-state index contributed by atoms with van der Waals surface area (Å²) >= 11 is 0. The number of rotatable bonds is 7. The van der Waals surface area contributed by atoms with Crippen LogP contribution < -0.4 is 0 Å². The highest BCUT2D eigenvalue weighted by atomic mass is 16.5. The lowest BCUT2D eigenvalue weighted by Crippen LogP contribution is -2.36. The summed E-state index contributed by atoms with van der Waals surface area (Å²) in [4.78, 5) is 19.0. The Bertz CT molecular complexity index is 732. The lowest BCUT2D eigenvalue weighted by Gasteiger charge is -2.25. The molecule has 2 aromatic rings. The molecule has 5 nitrogen and oxygen atoms in total. The Morgan fingerprint density at radius 2 is 2.08 bits per heavy atom. The third-order valence-electron chi connectivity index (χ3n) is 5.23. The van der Waals surface area contributed by atoms with E-state index in [0.29, 0.717) is 24.7 Å². The Kier molecular flexibility index (Phi) is 6.07. The van der Waals surface area contributed by atoms with E-state index in [0.717, 1.165) is 23.5 Å². The number of hydrogen-bond acceptors (Lipinski definition) is 4. The smallest absolute Gasteiger partial charge is 0.246 e. The molecule has 0 bridgehead atoms. The van der Waals surface area contributed by atoms with Crippen LogP contribution in [0.25, 0.3) is 11.4 Å². The van der Waals surface area contributed by atoms with Crippen molar-refractivity contribution in [2.75, 3.05) is 0 Å². The molecule has 3 rings (SSSR count). The lowest BCUT2D eigenvalue weighted by atomic mass is 10.0. The molecule has 1 aromatic heterocycles. The first-order valence-electron chi connectivity index (χ1n) is 9.72. The second-order valence-corrected chi connectivity index (χ2v) is 7.69. The minimum absolute atomic E-state index is 0.111. The third-order valence-corrected chi connectivity index (χ3v) is 5.23. The van der Waals surface area contributed by atoms with Crippen LogP contribution in [0, 0.1) is 12.8 Å². The van der Waals surface area contributed by atoms with Crippen molar-refractivity contribution in [1.82, 2.24) is 15.0 Å². The minimum Gasteiger partial charge on any atom is -0.337 e. The molecule has 1 saturated carbocycles. The Morgan fingerprint density at radius 3 is 2.77 bits per heavy atom. The summed E-state index contributed by atoms with van der Waals surface area (Å²) in [7, 11) is 0. The molecule has 1 aliphatic rings. The summed E-state index contributed by atoms with van der Waals surface area (Å²) in [6.07, 6.45) is 6.80. The van der Waals surface area contributed by atoms with Gasteiger partial charge < -0.3 is 9.42 Å². The molecule has 0 radical (unpaired) electrons. The quantitative estimate of drug-likeness (QED) is 0.719. The van der Waals surface area contributed by atoms with Crippen LogP contribution in [0.4, 0.5) is 0 Å². The van der Waals surface area contributed by atoms with Crippen molar-refractivity contribution < 1.29 is 9.32 Å². The molecule has 0 atom stereocenters. The molecule has 1 heterocycles. The van der Waals surface area contributed by atoms with Crippen molar-refractivity contribution in [2.24, 2.45) is 5.92 Å². The van der Waals surface area contributed by atoms with Crippen LogP contribution in [-0.4, -0.2) is 27.0 Å².